The summed E-state index contributed by atoms with van der Waals surface area (Å²) in [6.45, 7) is 0.737. The third-order valence-electron chi connectivity index (χ3n) is 6.53. The molecule has 1 atom stereocenters. The molecule has 0 spiro atoms. The number of benzene rings is 2. The Morgan fingerprint density at radius 3 is 2.21 bits per heavy atom. The Kier molecular flexibility index (Phi) is 7.80. The lowest BCUT2D eigenvalue weighted by Gasteiger charge is -2.33. The fraction of sp³-hybridized carbons (Fsp3) is 0.423. The fourth-order valence-electron chi connectivity index (χ4n) is 4.56. The number of amides is 2. The summed E-state index contributed by atoms with van der Waals surface area (Å²) in [5.41, 5.74) is 4.58. The highest BCUT2D eigenvalue weighted by Gasteiger charge is 2.35. The second-order valence-corrected chi connectivity index (χ2v) is 8.69. The predicted octanol–water partition coefficient (Wildman–Crippen LogP) is 3.30. The summed E-state index contributed by atoms with van der Waals surface area (Å²) < 4.78 is 10.8. The number of aliphatic carboxylic acids is 1. The topological polar surface area (TPSA) is 114 Å². The van der Waals surface area contributed by atoms with Crippen molar-refractivity contribution in [3.05, 3.63) is 59.7 Å². The van der Waals surface area contributed by atoms with Gasteiger partial charge in [0.15, 0.2) is 0 Å². The molecule has 2 aromatic rings. The summed E-state index contributed by atoms with van der Waals surface area (Å²) in [5, 5.41) is 14.2. The number of carbonyl (C=O) groups is 3. The SMILES string of the molecule is O=C(O)CCOCCNC(=O)C(NC(=O)OCC1c2ccccc2-c2ccccc21)C1CCC1. The zero-order chi connectivity index (χ0) is 23.9. The molecule has 34 heavy (non-hydrogen) atoms. The standard InChI is InChI=1S/C26H30N2O6/c29-23(30)12-14-33-15-13-27-25(31)24(17-6-5-7-17)28-26(32)34-16-22-20-10-3-1-8-18(20)19-9-2-4-11-21(19)22/h1-4,8-11,17,22,24H,5-7,12-16H2,(H,27,31)(H,28,32)(H,29,30). The summed E-state index contributed by atoms with van der Waals surface area (Å²) in [7, 11) is 0. The van der Waals surface area contributed by atoms with Crippen LogP contribution in [-0.4, -0.2) is 55.5 Å². The molecule has 0 heterocycles. The van der Waals surface area contributed by atoms with Gasteiger partial charge in [-0.3, -0.25) is 9.59 Å². The Morgan fingerprint density at radius 2 is 1.62 bits per heavy atom. The van der Waals surface area contributed by atoms with Crippen LogP contribution in [0.25, 0.3) is 11.1 Å². The van der Waals surface area contributed by atoms with E-state index < -0.39 is 18.1 Å². The molecule has 0 aliphatic heterocycles. The van der Waals surface area contributed by atoms with E-state index in [1.807, 2.05) is 24.3 Å². The highest BCUT2D eigenvalue weighted by atomic mass is 16.5. The summed E-state index contributed by atoms with van der Waals surface area (Å²) in [4.78, 5) is 35.9. The van der Waals surface area contributed by atoms with E-state index in [1.165, 1.54) is 0 Å². The lowest BCUT2D eigenvalue weighted by Crippen LogP contribution is -2.53. The number of fused-ring (bicyclic) bond motifs is 3. The molecule has 1 saturated carbocycles. The van der Waals surface area contributed by atoms with E-state index in [2.05, 4.69) is 34.9 Å². The molecule has 2 amide bonds. The number of ether oxygens (including phenoxy) is 2. The van der Waals surface area contributed by atoms with E-state index in [0.29, 0.717) is 0 Å². The molecule has 2 aromatic carbocycles. The van der Waals surface area contributed by atoms with Gasteiger partial charge in [0.25, 0.3) is 0 Å². The van der Waals surface area contributed by atoms with Gasteiger partial charge in [-0.2, -0.15) is 0 Å². The summed E-state index contributed by atoms with van der Waals surface area (Å²) >= 11 is 0. The molecular weight excluding hydrogens is 436 g/mol. The van der Waals surface area contributed by atoms with E-state index in [1.54, 1.807) is 0 Å². The molecule has 1 unspecified atom stereocenters. The Morgan fingerprint density at radius 1 is 0.971 bits per heavy atom. The average Bonchev–Trinajstić information content (AvgIpc) is 3.12. The number of carboxylic acid groups (broad SMARTS) is 1. The second kappa shape index (κ2) is 11.2. The van der Waals surface area contributed by atoms with Gasteiger partial charge in [-0.15, -0.1) is 0 Å². The normalized spacial score (nSPS) is 15.5. The van der Waals surface area contributed by atoms with Crippen LogP contribution in [-0.2, 0) is 19.1 Å². The van der Waals surface area contributed by atoms with Gasteiger partial charge in [0.2, 0.25) is 5.91 Å². The fourth-order valence-corrected chi connectivity index (χ4v) is 4.56. The predicted molar refractivity (Wildman–Crippen MR) is 125 cm³/mol. The minimum Gasteiger partial charge on any atom is -0.481 e. The van der Waals surface area contributed by atoms with Crippen LogP contribution in [0.3, 0.4) is 0 Å². The van der Waals surface area contributed by atoms with Crippen LogP contribution in [0.5, 0.6) is 0 Å². The van der Waals surface area contributed by atoms with Gasteiger partial charge < -0.3 is 25.2 Å². The van der Waals surface area contributed by atoms with Crippen LogP contribution in [0, 0.1) is 5.92 Å². The molecule has 0 saturated heterocycles. The van der Waals surface area contributed by atoms with Gasteiger partial charge in [-0.1, -0.05) is 55.0 Å². The molecular formula is C26H30N2O6. The maximum absolute atomic E-state index is 12.7. The first-order valence-corrected chi connectivity index (χ1v) is 11.7. The van der Waals surface area contributed by atoms with Crippen LogP contribution in [0.2, 0.25) is 0 Å². The maximum Gasteiger partial charge on any atom is 0.407 e. The van der Waals surface area contributed by atoms with Crippen LogP contribution in [0.1, 0.15) is 42.7 Å². The maximum atomic E-state index is 12.7. The minimum absolute atomic E-state index is 0.0444. The summed E-state index contributed by atoms with van der Waals surface area (Å²) in [6, 6.07) is 15.6. The molecule has 0 aromatic heterocycles. The number of hydrogen-bond acceptors (Lipinski definition) is 5. The Labute approximate surface area is 198 Å². The van der Waals surface area contributed by atoms with Crippen molar-refractivity contribution in [1.29, 1.82) is 0 Å². The van der Waals surface area contributed by atoms with E-state index >= 15 is 0 Å². The van der Waals surface area contributed by atoms with Crippen LogP contribution >= 0.6 is 0 Å². The molecule has 8 heteroatoms. The van der Waals surface area contributed by atoms with Crippen LogP contribution in [0.4, 0.5) is 4.79 Å². The van der Waals surface area contributed by atoms with Gasteiger partial charge in [-0.05, 0) is 41.0 Å². The van der Waals surface area contributed by atoms with E-state index in [9.17, 15) is 14.4 Å². The van der Waals surface area contributed by atoms with Gasteiger partial charge >= 0.3 is 12.1 Å². The third kappa shape index (κ3) is 5.56. The summed E-state index contributed by atoms with van der Waals surface area (Å²) in [5.74, 6) is -1.17. The highest BCUT2D eigenvalue weighted by Crippen LogP contribution is 2.44. The number of carbonyl (C=O) groups excluding carboxylic acids is 2. The van der Waals surface area contributed by atoms with Crippen molar-refractivity contribution < 1.29 is 29.0 Å². The zero-order valence-electron chi connectivity index (χ0n) is 19.0. The second-order valence-electron chi connectivity index (χ2n) is 8.69. The first-order valence-electron chi connectivity index (χ1n) is 11.7. The van der Waals surface area contributed by atoms with Crippen molar-refractivity contribution in [1.82, 2.24) is 10.6 Å². The molecule has 0 bridgehead atoms. The first kappa shape index (κ1) is 23.8. The Balaban J connectivity index is 1.30. The molecule has 4 rings (SSSR count). The lowest BCUT2D eigenvalue weighted by atomic mass is 9.79. The van der Waals surface area contributed by atoms with Crippen LogP contribution in [0.15, 0.2) is 48.5 Å². The molecule has 2 aliphatic carbocycles. The van der Waals surface area contributed by atoms with Crippen molar-refractivity contribution in [2.45, 2.75) is 37.6 Å². The molecule has 2 aliphatic rings. The van der Waals surface area contributed by atoms with Crippen molar-refractivity contribution in [2.75, 3.05) is 26.4 Å². The number of rotatable bonds is 11. The van der Waals surface area contributed by atoms with Gasteiger partial charge in [0, 0.05) is 12.5 Å². The monoisotopic (exact) mass is 466 g/mol. The summed E-state index contributed by atoms with van der Waals surface area (Å²) in [6.07, 6.45) is 2.08. The number of nitrogens with one attached hydrogen (secondary N) is 2. The molecule has 0 radical (unpaired) electrons. The minimum atomic E-state index is -0.929. The lowest BCUT2D eigenvalue weighted by molar-refractivity contribution is -0.138. The first-order chi connectivity index (χ1) is 16.5. The largest absolute Gasteiger partial charge is 0.481 e. The van der Waals surface area contributed by atoms with Crippen molar-refractivity contribution >= 4 is 18.0 Å². The Hall–Kier alpha value is -3.39. The van der Waals surface area contributed by atoms with E-state index in [4.69, 9.17) is 14.6 Å². The van der Waals surface area contributed by atoms with Gasteiger partial charge in [0.1, 0.15) is 12.6 Å². The number of carboxylic acids is 1. The van der Waals surface area contributed by atoms with Crippen molar-refractivity contribution in [3.63, 3.8) is 0 Å². The van der Waals surface area contributed by atoms with Crippen molar-refractivity contribution in [3.8, 4) is 11.1 Å². The molecule has 180 valence electrons. The zero-order valence-corrected chi connectivity index (χ0v) is 19.0. The average molecular weight is 467 g/mol. The quantitative estimate of drug-likeness (QED) is 0.438. The molecule has 8 nitrogen and oxygen atoms in total. The smallest absolute Gasteiger partial charge is 0.407 e. The van der Waals surface area contributed by atoms with E-state index in [-0.39, 0.29) is 50.5 Å². The number of alkyl carbamates (subject to hydrolysis) is 1. The van der Waals surface area contributed by atoms with Crippen LogP contribution < -0.4 is 10.6 Å². The van der Waals surface area contributed by atoms with Crippen molar-refractivity contribution in [2.24, 2.45) is 5.92 Å². The molecule has 1 fully saturated rings. The van der Waals surface area contributed by atoms with E-state index in [0.717, 1.165) is 41.5 Å². The molecule has 3 N–H and O–H groups in total. The third-order valence-corrected chi connectivity index (χ3v) is 6.53. The number of hydrogen-bond donors (Lipinski definition) is 3. The Bertz CT molecular complexity index is 990. The van der Waals surface area contributed by atoms with Gasteiger partial charge in [-0.25, -0.2) is 4.79 Å². The highest BCUT2D eigenvalue weighted by molar-refractivity contribution is 5.86. The van der Waals surface area contributed by atoms with Gasteiger partial charge in [0.05, 0.1) is 19.6 Å².